The van der Waals surface area contributed by atoms with Crippen LogP contribution >= 0.6 is 0 Å². The highest BCUT2D eigenvalue weighted by Crippen LogP contribution is 2.35. The van der Waals surface area contributed by atoms with E-state index in [9.17, 15) is 19.1 Å². The van der Waals surface area contributed by atoms with Crippen LogP contribution < -0.4 is 5.32 Å². The number of halogens is 1. The number of nitrogens with zero attached hydrogens (tertiary/aromatic N) is 1. The van der Waals surface area contributed by atoms with Crippen molar-refractivity contribution in [2.45, 2.75) is 39.7 Å². The highest BCUT2D eigenvalue weighted by atomic mass is 19.1. The van der Waals surface area contributed by atoms with Crippen molar-refractivity contribution in [3.8, 4) is 0 Å². The van der Waals surface area contributed by atoms with E-state index in [4.69, 9.17) is 0 Å². The number of piperidine rings is 1. The third kappa shape index (κ3) is 4.21. The Bertz CT molecular complexity index is 580. The Kier molecular flexibility index (Phi) is 4.92. The molecule has 2 N–H and O–H groups in total. The number of anilines is 1. The second-order valence-corrected chi connectivity index (χ2v) is 7.08. The number of hydrogen-bond donors (Lipinski definition) is 2. The zero-order valence-corrected chi connectivity index (χ0v) is 13.7. The van der Waals surface area contributed by atoms with Crippen LogP contribution in [0, 0.1) is 17.2 Å². The Labute approximate surface area is 135 Å². The van der Waals surface area contributed by atoms with E-state index in [1.54, 1.807) is 0 Å². The summed E-state index contributed by atoms with van der Waals surface area (Å²) >= 11 is 0. The molecule has 1 heterocycles. The van der Waals surface area contributed by atoms with Crippen molar-refractivity contribution < 1.29 is 19.1 Å². The van der Waals surface area contributed by atoms with Gasteiger partial charge in [0.05, 0.1) is 0 Å². The summed E-state index contributed by atoms with van der Waals surface area (Å²) in [6.45, 7) is 6.29. The topological polar surface area (TPSA) is 69.6 Å². The van der Waals surface area contributed by atoms with Crippen molar-refractivity contribution in [1.82, 2.24) is 4.90 Å². The van der Waals surface area contributed by atoms with Crippen LogP contribution in [0.5, 0.6) is 0 Å². The van der Waals surface area contributed by atoms with E-state index < -0.39 is 6.09 Å². The fourth-order valence-corrected chi connectivity index (χ4v) is 3.03. The maximum absolute atomic E-state index is 12.9. The molecule has 1 aliphatic rings. The Balaban J connectivity index is 2.07. The van der Waals surface area contributed by atoms with Crippen molar-refractivity contribution in [2.24, 2.45) is 11.3 Å². The molecule has 0 bridgehead atoms. The van der Waals surface area contributed by atoms with Gasteiger partial charge >= 0.3 is 6.09 Å². The van der Waals surface area contributed by atoms with Gasteiger partial charge in [-0.15, -0.1) is 0 Å². The van der Waals surface area contributed by atoms with Gasteiger partial charge in [0.2, 0.25) is 5.91 Å². The van der Waals surface area contributed by atoms with Gasteiger partial charge in [0.25, 0.3) is 0 Å². The first kappa shape index (κ1) is 17.2. The molecule has 6 heteroatoms. The van der Waals surface area contributed by atoms with Crippen molar-refractivity contribution in [2.75, 3.05) is 11.9 Å². The minimum Gasteiger partial charge on any atom is -0.465 e. The molecule has 1 saturated heterocycles. The van der Waals surface area contributed by atoms with Gasteiger partial charge in [0, 0.05) is 24.2 Å². The number of carboxylic acid groups (broad SMARTS) is 1. The van der Waals surface area contributed by atoms with E-state index in [-0.39, 0.29) is 29.1 Å². The predicted molar refractivity (Wildman–Crippen MR) is 85.7 cm³/mol. The monoisotopic (exact) mass is 322 g/mol. The molecule has 23 heavy (non-hydrogen) atoms. The lowest BCUT2D eigenvalue weighted by Crippen LogP contribution is -2.53. The van der Waals surface area contributed by atoms with E-state index in [2.05, 4.69) is 5.32 Å². The molecule has 0 aliphatic carbocycles. The van der Waals surface area contributed by atoms with Gasteiger partial charge in [-0.1, -0.05) is 20.8 Å². The third-order valence-electron chi connectivity index (χ3n) is 4.33. The summed E-state index contributed by atoms with van der Waals surface area (Å²) in [7, 11) is 0. The second kappa shape index (κ2) is 6.56. The molecule has 1 aromatic carbocycles. The molecule has 0 spiro atoms. The number of rotatable bonds is 2. The fourth-order valence-electron chi connectivity index (χ4n) is 3.03. The number of carbonyl (C=O) groups excluding carboxylic acids is 1. The molecule has 1 aliphatic heterocycles. The molecule has 0 saturated carbocycles. The standard InChI is InChI=1S/C17H23FN2O3/c1-17(2,3)14-10-11(8-9-20(14)16(22)23)15(21)19-13-6-4-12(18)5-7-13/h4-7,11,14H,8-10H2,1-3H3,(H,19,21)(H,22,23). The smallest absolute Gasteiger partial charge is 0.407 e. The summed E-state index contributed by atoms with van der Waals surface area (Å²) < 4.78 is 12.9. The molecule has 2 atom stereocenters. The minimum atomic E-state index is -0.942. The summed E-state index contributed by atoms with van der Waals surface area (Å²) in [5.41, 5.74) is 0.303. The number of nitrogens with one attached hydrogen (secondary N) is 1. The number of carbonyl (C=O) groups is 2. The summed E-state index contributed by atoms with van der Waals surface area (Å²) in [5.74, 6) is -0.749. The predicted octanol–water partition coefficient (Wildman–Crippen LogP) is 3.57. The van der Waals surface area contributed by atoms with E-state index in [0.717, 1.165) is 0 Å². The van der Waals surface area contributed by atoms with Gasteiger partial charge < -0.3 is 15.3 Å². The van der Waals surface area contributed by atoms with Crippen LogP contribution in [0.2, 0.25) is 0 Å². The van der Waals surface area contributed by atoms with Crippen molar-refractivity contribution >= 4 is 17.7 Å². The molecule has 5 nitrogen and oxygen atoms in total. The molecular formula is C17H23FN2O3. The van der Waals surface area contributed by atoms with E-state index in [0.29, 0.717) is 25.1 Å². The first-order valence-corrected chi connectivity index (χ1v) is 7.74. The molecule has 0 radical (unpaired) electrons. The summed E-state index contributed by atoms with van der Waals surface area (Å²) in [5, 5.41) is 12.1. The van der Waals surface area contributed by atoms with Crippen LogP contribution in [-0.2, 0) is 4.79 Å². The molecule has 126 valence electrons. The van der Waals surface area contributed by atoms with Crippen LogP contribution in [0.25, 0.3) is 0 Å². The highest BCUT2D eigenvalue weighted by molar-refractivity contribution is 5.92. The second-order valence-electron chi connectivity index (χ2n) is 7.08. The van der Waals surface area contributed by atoms with Gasteiger partial charge in [-0.3, -0.25) is 4.79 Å². The largest absolute Gasteiger partial charge is 0.465 e. The van der Waals surface area contributed by atoms with Gasteiger partial charge in [-0.2, -0.15) is 0 Å². The van der Waals surface area contributed by atoms with E-state index >= 15 is 0 Å². The molecule has 1 fully saturated rings. The quantitative estimate of drug-likeness (QED) is 0.874. The first-order valence-electron chi connectivity index (χ1n) is 7.74. The van der Waals surface area contributed by atoms with Gasteiger partial charge in [0.1, 0.15) is 5.82 Å². The molecular weight excluding hydrogens is 299 g/mol. The Morgan fingerprint density at radius 1 is 1.26 bits per heavy atom. The maximum atomic E-state index is 12.9. The van der Waals surface area contributed by atoms with Crippen LogP contribution in [0.3, 0.4) is 0 Å². The van der Waals surface area contributed by atoms with Gasteiger partial charge in [-0.25, -0.2) is 9.18 Å². The number of benzene rings is 1. The summed E-state index contributed by atoms with van der Waals surface area (Å²) in [6, 6.07) is 5.40. The zero-order valence-electron chi connectivity index (χ0n) is 13.7. The lowest BCUT2D eigenvalue weighted by Gasteiger charge is -2.44. The van der Waals surface area contributed by atoms with E-state index in [1.165, 1.54) is 29.2 Å². The average molecular weight is 322 g/mol. The van der Waals surface area contributed by atoms with Crippen LogP contribution in [0.4, 0.5) is 14.9 Å². The van der Waals surface area contributed by atoms with Gasteiger partial charge in [0.15, 0.2) is 0 Å². The SMILES string of the molecule is CC(C)(C)C1CC(C(=O)Nc2ccc(F)cc2)CCN1C(=O)O. The Morgan fingerprint density at radius 3 is 2.39 bits per heavy atom. The van der Waals surface area contributed by atoms with Crippen LogP contribution in [0.15, 0.2) is 24.3 Å². The zero-order chi connectivity index (χ0) is 17.2. The normalized spacial score (nSPS) is 21.8. The van der Waals surface area contributed by atoms with Crippen molar-refractivity contribution in [3.63, 3.8) is 0 Å². The molecule has 1 aromatic rings. The number of likely N-dealkylation sites (tertiary alicyclic amines) is 1. The Morgan fingerprint density at radius 2 is 1.87 bits per heavy atom. The Hall–Kier alpha value is -2.11. The van der Waals surface area contributed by atoms with Crippen molar-refractivity contribution in [1.29, 1.82) is 0 Å². The molecule has 2 rings (SSSR count). The molecule has 2 unspecified atom stereocenters. The third-order valence-corrected chi connectivity index (χ3v) is 4.33. The lowest BCUT2D eigenvalue weighted by molar-refractivity contribution is -0.122. The van der Waals surface area contributed by atoms with Crippen LogP contribution in [0.1, 0.15) is 33.6 Å². The van der Waals surface area contributed by atoms with E-state index in [1.807, 2.05) is 20.8 Å². The average Bonchev–Trinajstić information content (AvgIpc) is 2.48. The fraction of sp³-hybridized carbons (Fsp3) is 0.529. The number of hydrogen-bond acceptors (Lipinski definition) is 2. The first-order chi connectivity index (χ1) is 10.7. The van der Waals surface area contributed by atoms with Crippen LogP contribution in [-0.4, -0.2) is 34.6 Å². The summed E-state index contributed by atoms with van der Waals surface area (Å²) in [4.78, 5) is 25.3. The van der Waals surface area contributed by atoms with Gasteiger partial charge in [-0.05, 0) is 42.5 Å². The highest BCUT2D eigenvalue weighted by Gasteiger charge is 2.40. The lowest BCUT2D eigenvalue weighted by atomic mass is 9.77. The van der Waals surface area contributed by atoms with Crippen molar-refractivity contribution in [3.05, 3.63) is 30.1 Å². The molecule has 0 aromatic heterocycles. The summed E-state index contributed by atoms with van der Waals surface area (Å²) in [6.07, 6.45) is 0.0386. The minimum absolute atomic E-state index is 0.143. The molecule has 2 amide bonds. The number of amides is 2. The maximum Gasteiger partial charge on any atom is 0.407 e.